The Bertz CT molecular complexity index is 847. The first-order chi connectivity index (χ1) is 13.7. The number of nitrogens with zero attached hydrogens (tertiary/aromatic N) is 3. The summed E-state index contributed by atoms with van der Waals surface area (Å²) in [6, 6.07) is 17.2. The van der Waals surface area contributed by atoms with Crippen LogP contribution in [-0.4, -0.2) is 60.9 Å². The third-order valence-electron chi connectivity index (χ3n) is 5.55. The Balaban J connectivity index is 1.41. The number of ether oxygens (including phenoxy) is 1. The molecule has 2 aromatic rings. The van der Waals surface area contributed by atoms with Crippen LogP contribution in [0.2, 0.25) is 0 Å². The van der Waals surface area contributed by atoms with E-state index in [1.165, 1.54) is 10.5 Å². The molecule has 2 heterocycles. The van der Waals surface area contributed by atoms with Crippen LogP contribution in [0.15, 0.2) is 54.6 Å². The average molecular weight is 379 g/mol. The minimum absolute atomic E-state index is 0.147. The van der Waals surface area contributed by atoms with Crippen molar-refractivity contribution in [2.24, 2.45) is 0 Å². The number of hydrogen-bond donors (Lipinski definition) is 0. The lowest BCUT2D eigenvalue weighted by Crippen LogP contribution is -2.52. The molecule has 2 aliphatic heterocycles. The molecule has 0 saturated carbocycles. The SMILES string of the molecule is COc1ccccc1N1C(=O)C[C@@H](N2CCN(Cc3ccccc3)CC2)C1=O. The van der Waals surface area contributed by atoms with Crippen molar-refractivity contribution >= 4 is 17.5 Å². The van der Waals surface area contributed by atoms with E-state index in [1.54, 1.807) is 19.2 Å². The van der Waals surface area contributed by atoms with E-state index in [0.29, 0.717) is 11.4 Å². The first-order valence-electron chi connectivity index (χ1n) is 9.67. The third-order valence-corrected chi connectivity index (χ3v) is 5.55. The molecule has 2 fully saturated rings. The zero-order valence-corrected chi connectivity index (χ0v) is 16.1. The molecule has 0 unspecified atom stereocenters. The van der Waals surface area contributed by atoms with Gasteiger partial charge >= 0.3 is 0 Å². The highest BCUT2D eigenvalue weighted by Gasteiger charge is 2.44. The predicted molar refractivity (Wildman–Crippen MR) is 107 cm³/mol. The number of rotatable bonds is 5. The number of benzene rings is 2. The molecule has 0 spiro atoms. The quantitative estimate of drug-likeness (QED) is 0.745. The topological polar surface area (TPSA) is 53.1 Å². The van der Waals surface area contributed by atoms with Gasteiger partial charge in [0.2, 0.25) is 5.91 Å². The van der Waals surface area contributed by atoms with Gasteiger partial charge in [-0.25, -0.2) is 4.90 Å². The van der Waals surface area contributed by atoms with Crippen LogP contribution < -0.4 is 9.64 Å². The van der Waals surface area contributed by atoms with Crippen LogP contribution in [0.25, 0.3) is 0 Å². The lowest BCUT2D eigenvalue weighted by atomic mass is 10.1. The first-order valence-corrected chi connectivity index (χ1v) is 9.67. The molecule has 0 aliphatic carbocycles. The molecule has 2 saturated heterocycles. The van der Waals surface area contributed by atoms with Gasteiger partial charge in [-0.1, -0.05) is 42.5 Å². The minimum Gasteiger partial charge on any atom is -0.495 e. The first kappa shape index (κ1) is 18.7. The number of carbonyl (C=O) groups is 2. The van der Waals surface area contributed by atoms with Crippen molar-refractivity contribution in [3.8, 4) is 5.75 Å². The fourth-order valence-corrected chi connectivity index (χ4v) is 4.04. The summed E-state index contributed by atoms with van der Waals surface area (Å²) in [5.41, 5.74) is 1.83. The molecule has 146 valence electrons. The van der Waals surface area contributed by atoms with Crippen molar-refractivity contribution in [2.75, 3.05) is 38.2 Å². The number of methoxy groups -OCH3 is 1. The summed E-state index contributed by atoms with van der Waals surface area (Å²) >= 11 is 0. The summed E-state index contributed by atoms with van der Waals surface area (Å²) in [4.78, 5) is 31.5. The summed E-state index contributed by atoms with van der Waals surface area (Å²) in [5.74, 6) is 0.231. The molecular weight excluding hydrogens is 354 g/mol. The van der Waals surface area contributed by atoms with Crippen LogP contribution in [0.4, 0.5) is 5.69 Å². The Hall–Kier alpha value is -2.70. The number of amides is 2. The zero-order chi connectivity index (χ0) is 19.5. The third kappa shape index (κ3) is 3.66. The summed E-state index contributed by atoms with van der Waals surface area (Å²) in [7, 11) is 1.55. The van der Waals surface area contributed by atoms with Gasteiger partial charge in [0.15, 0.2) is 0 Å². The van der Waals surface area contributed by atoms with E-state index in [-0.39, 0.29) is 24.3 Å². The minimum atomic E-state index is -0.378. The Labute approximate surface area is 165 Å². The average Bonchev–Trinajstić information content (AvgIpc) is 3.03. The second-order valence-corrected chi connectivity index (χ2v) is 7.26. The van der Waals surface area contributed by atoms with Gasteiger partial charge in [0.1, 0.15) is 5.75 Å². The second kappa shape index (κ2) is 8.12. The van der Waals surface area contributed by atoms with Crippen molar-refractivity contribution in [3.63, 3.8) is 0 Å². The molecule has 2 aliphatic rings. The summed E-state index contributed by atoms with van der Waals surface area (Å²) < 4.78 is 5.34. The van der Waals surface area contributed by atoms with Gasteiger partial charge in [0.25, 0.3) is 5.91 Å². The Morgan fingerprint density at radius 3 is 2.32 bits per heavy atom. The molecule has 2 aromatic carbocycles. The molecule has 0 aromatic heterocycles. The molecule has 0 N–H and O–H groups in total. The van der Waals surface area contributed by atoms with Crippen molar-refractivity contribution < 1.29 is 14.3 Å². The standard InChI is InChI=1S/C22H25N3O3/c1-28-20-10-6-5-9-18(20)25-21(26)15-19(22(25)27)24-13-11-23(12-14-24)16-17-7-3-2-4-8-17/h2-10,19H,11-16H2,1H3/t19-/m1/s1. The monoisotopic (exact) mass is 379 g/mol. The van der Waals surface area contributed by atoms with Gasteiger partial charge < -0.3 is 4.74 Å². The summed E-state index contributed by atoms with van der Waals surface area (Å²) in [5, 5.41) is 0. The van der Waals surface area contributed by atoms with Gasteiger partial charge in [-0.05, 0) is 17.7 Å². The van der Waals surface area contributed by atoms with E-state index in [1.807, 2.05) is 18.2 Å². The lowest BCUT2D eigenvalue weighted by Gasteiger charge is -2.37. The predicted octanol–water partition coefficient (Wildman–Crippen LogP) is 2.14. The molecule has 28 heavy (non-hydrogen) atoms. The number of imide groups is 1. The van der Waals surface area contributed by atoms with Crippen LogP contribution in [0.3, 0.4) is 0 Å². The normalized spacial score (nSPS) is 21.3. The molecule has 1 atom stereocenters. The van der Waals surface area contributed by atoms with Crippen LogP contribution in [0, 0.1) is 0 Å². The van der Waals surface area contributed by atoms with Crippen molar-refractivity contribution in [2.45, 2.75) is 19.0 Å². The van der Waals surface area contributed by atoms with Crippen molar-refractivity contribution in [1.82, 2.24) is 9.80 Å². The van der Waals surface area contributed by atoms with E-state index in [4.69, 9.17) is 4.74 Å². The Morgan fingerprint density at radius 2 is 1.61 bits per heavy atom. The highest BCUT2D eigenvalue weighted by Crippen LogP contribution is 2.33. The fourth-order valence-electron chi connectivity index (χ4n) is 4.04. The molecule has 0 bridgehead atoms. The largest absolute Gasteiger partial charge is 0.495 e. The van der Waals surface area contributed by atoms with Gasteiger partial charge in [0, 0.05) is 32.7 Å². The second-order valence-electron chi connectivity index (χ2n) is 7.26. The molecule has 6 nitrogen and oxygen atoms in total. The molecule has 2 amide bonds. The van der Waals surface area contributed by atoms with E-state index >= 15 is 0 Å². The van der Waals surface area contributed by atoms with Crippen LogP contribution in [0.5, 0.6) is 5.75 Å². The van der Waals surface area contributed by atoms with Gasteiger partial charge in [-0.3, -0.25) is 19.4 Å². The number of anilines is 1. The maximum atomic E-state index is 13.1. The van der Waals surface area contributed by atoms with Gasteiger partial charge in [-0.15, -0.1) is 0 Å². The van der Waals surface area contributed by atoms with E-state index in [2.05, 4.69) is 34.1 Å². The van der Waals surface area contributed by atoms with E-state index in [0.717, 1.165) is 32.7 Å². The highest BCUT2D eigenvalue weighted by molar-refractivity contribution is 6.23. The Morgan fingerprint density at radius 1 is 0.929 bits per heavy atom. The zero-order valence-electron chi connectivity index (χ0n) is 16.1. The van der Waals surface area contributed by atoms with Crippen LogP contribution in [0.1, 0.15) is 12.0 Å². The number of hydrogen-bond acceptors (Lipinski definition) is 5. The maximum absolute atomic E-state index is 13.1. The van der Waals surface area contributed by atoms with E-state index < -0.39 is 0 Å². The Kier molecular flexibility index (Phi) is 5.41. The number of piperazine rings is 1. The van der Waals surface area contributed by atoms with Crippen LogP contribution in [-0.2, 0) is 16.1 Å². The molecule has 0 radical (unpaired) electrons. The van der Waals surface area contributed by atoms with Gasteiger partial charge in [0.05, 0.1) is 25.3 Å². The molecule has 6 heteroatoms. The van der Waals surface area contributed by atoms with Crippen molar-refractivity contribution in [1.29, 1.82) is 0 Å². The van der Waals surface area contributed by atoms with Crippen molar-refractivity contribution in [3.05, 3.63) is 60.2 Å². The van der Waals surface area contributed by atoms with Crippen LogP contribution >= 0.6 is 0 Å². The van der Waals surface area contributed by atoms with E-state index in [9.17, 15) is 9.59 Å². The molecular formula is C22H25N3O3. The number of carbonyl (C=O) groups excluding carboxylic acids is 2. The highest BCUT2D eigenvalue weighted by atomic mass is 16.5. The summed E-state index contributed by atoms with van der Waals surface area (Å²) in [6.07, 6.45) is 0.232. The smallest absolute Gasteiger partial charge is 0.251 e. The number of para-hydroxylation sites is 2. The van der Waals surface area contributed by atoms with Gasteiger partial charge in [-0.2, -0.15) is 0 Å². The lowest BCUT2D eigenvalue weighted by molar-refractivity contribution is -0.123. The molecule has 4 rings (SSSR count). The maximum Gasteiger partial charge on any atom is 0.251 e. The summed E-state index contributed by atoms with van der Waals surface area (Å²) in [6.45, 7) is 4.27. The fraction of sp³-hybridized carbons (Fsp3) is 0.364.